The smallest absolute Gasteiger partial charge is 0.221 e. The summed E-state index contributed by atoms with van der Waals surface area (Å²) >= 11 is 6.50. The van der Waals surface area contributed by atoms with Crippen LogP contribution in [0.15, 0.2) is 25.9 Å². The first-order valence-electron chi connectivity index (χ1n) is 4.15. The molecular formula is C10H10Br2O2. The Balaban J connectivity index is 3.60. The van der Waals surface area contributed by atoms with Gasteiger partial charge in [0.1, 0.15) is 0 Å². The Morgan fingerprint density at radius 3 is 2.29 bits per heavy atom. The molecule has 0 amide bonds. The topological polar surface area (TPSA) is 37.3 Å². The van der Waals surface area contributed by atoms with Gasteiger partial charge in [-0.2, -0.15) is 0 Å². The monoisotopic (exact) mass is 320 g/mol. The number of rotatable bonds is 1. The molecule has 1 rings (SSSR count). The summed E-state index contributed by atoms with van der Waals surface area (Å²) in [4.78, 5) is 11.4. The Labute approximate surface area is 99.2 Å². The van der Waals surface area contributed by atoms with Gasteiger partial charge in [-0.05, 0) is 39.5 Å². The summed E-state index contributed by atoms with van der Waals surface area (Å²) in [5.74, 6) is -0.0200. The highest BCUT2D eigenvalue weighted by atomic mass is 79.9. The molecule has 0 saturated heterocycles. The van der Waals surface area contributed by atoms with E-state index in [1.807, 2.05) is 13.8 Å². The van der Waals surface area contributed by atoms with Crippen molar-refractivity contribution in [2.24, 2.45) is 0 Å². The van der Waals surface area contributed by atoms with Crippen molar-refractivity contribution in [3.63, 3.8) is 0 Å². The van der Waals surface area contributed by atoms with Gasteiger partial charge in [-0.15, -0.1) is 0 Å². The zero-order chi connectivity index (χ0) is 10.9. The van der Waals surface area contributed by atoms with Crippen LogP contribution in [0.5, 0.6) is 5.75 Å². The minimum absolute atomic E-state index is 0.232. The summed E-state index contributed by atoms with van der Waals surface area (Å²) in [6.07, 6.45) is 0. The van der Waals surface area contributed by atoms with Gasteiger partial charge in [-0.3, -0.25) is 4.79 Å². The highest BCUT2D eigenvalue weighted by Crippen LogP contribution is 2.28. The average Bonchev–Trinajstić information content (AvgIpc) is 2.18. The van der Waals surface area contributed by atoms with Crippen molar-refractivity contribution in [2.45, 2.75) is 19.8 Å². The molecule has 0 aliphatic rings. The molecule has 1 aromatic carbocycles. The lowest BCUT2D eigenvalue weighted by Crippen LogP contribution is -1.97. The molecule has 0 saturated carbocycles. The normalized spacial score (nSPS) is 10.6. The van der Waals surface area contributed by atoms with Crippen molar-refractivity contribution in [1.29, 1.82) is 0 Å². The highest BCUT2D eigenvalue weighted by molar-refractivity contribution is 9.11. The summed E-state index contributed by atoms with van der Waals surface area (Å²) in [5.41, 5.74) is 0.516. The molecule has 0 unspecified atom stereocenters. The molecule has 14 heavy (non-hydrogen) atoms. The van der Waals surface area contributed by atoms with Crippen molar-refractivity contribution in [1.82, 2.24) is 0 Å². The zero-order valence-corrected chi connectivity index (χ0v) is 11.0. The van der Waals surface area contributed by atoms with Crippen molar-refractivity contribution < 1.29 is 5.11 Å². The predicted molar refractivity (Wildman–Crippen MR) is 63.9 cm³/mol. The van der Waals surface area contributed by atoms with Gasteiger partial charge < -0.3 is 5.11 Å². The lowest BCUT2D eigenvalue weighted by Gasteiger charge is -2.03. The molecule has 1 N–H and O–H groups in total. The molecule has 2 nitrogen and oxygen atoms in total. The molecule has 0 atom stereocenters. The summed E-state index contributed by atoms with van der Waals surface area (Å²) in [6.45, 7) is 3.98. The Morgan fingerprint density at radius 2 is 1.79 bits per heavy atom. The Bertz CT molecular complexity index is 414. The third-order valence-electron chi connectivity index (χ3n) is 1.90. The van der Waals surface area contributed by atoms with Crippen LogP contribution in [-0.2, 0) is 0 Å². The standard InChI is InChI=1S/C10H10Br2O2/c1-5(2)6-3-9(13)10(14)8(12)4-7(6)11/h3-5H,1-2H3,(H,13,14). The van der Waals surface area contributed by atoms with Gasteiger partial charge in [0, 0.05) is 4.47 Å². The Morgan fingerprint density at radius 1 is 1.21 bits per heavy atom. The Hall–Kier alpha value is -0.350. The molecule has 0 radical (unpaired) electrons. The van der Waals surface area contributed by atoms with E-state index in [9.17, 15) is 9.90 Å². The molecule has 0 spiro atoms. The first-order valence-corrected chi connectivity index (χ1v) is 5.74. The molecule has 1 aromatic rings. The maximum absolute atomic E-state index is 11.4. The predicted octanol–water partition coefficient (Wildman–Crippen LogP) is 3.40. The molecule has 0 aromatic heterocycles. The van der Waals surface area contributed by atoms with Crippen molar-refractivity contribution in [3.8, 4) is 5.75 Å². The van der Waals surface area contributed by atoms with Crippen LogP contribution in [0.1, 0.15) is 25.3 Å². The number of hydrogen-bond acceptors (Lipinski definition) is 2. The van der Waals surface area contributed by atoms with E-state index in [1.165, 1.54) is 6.07 Å². The van der Waals surface area contributed by atoms with Crippen molar-refractivity contribution in [3.05, 3.63) is 36.9 Å². The van der Waals surface area contributed by atoms with E-state index in [0.717, 1.165) is 10.0 Å². The lowest BCUT2D eigenvalue weighted by molar-refractivity contribution is 0.467. The van der Waals surface area contributed by atoms with Gasteiger partial charge in [0.25, 0.3) is 0 Å². The average molecular weight is 322 g/mol. The molecular weight excluding hydrogens is 312 g/mol. The van der Waals surface area contributed by atoms with Crippen LogP contribution < -0.4 is 5.43 Å². The molecule has 0 heterocycles. The second kappa shape index (κ2) is 4.45. The minimum atomic E-state index is -0.369. The summed E-state index contributed by atoms with van der Waals surface area (Å²) in [7, 11) is 0. The molecule has 0 fully saturated rings. The summed E-state index contributed by atoms with van der Waals surface area (Å²) < 4.78 is 1.22. The first-order chi connectivity index (χ1) is 6.43. The van der Waals surface area contributed by atoms with Crippen LogP contribution in [0.4, 0.5) is 0 Å². The third-order valence-corrected chi connectivity index (χ3v) is 3.19. The quantitative estimate of drug-likeness (QED) is 0.860. The fourth-order valence-corrected chi connectivity index (χ4v) is 2.63. The summed E-state index contributed by atoms with van der Waals surface area (Å²) in [6, 6.07) is 3.14. The van der Waals surface area contributed by atoms with Crippen molar-refractivity contribution in [2.75, 3.05) is 0 Å². The van der Waals surface area contributed by atoms with E-state index < -0.39 is 0 Å². The summed E-state index contributed by atoms with van der Waals surface area (Å²) in [5, 5.41) is 9.42. The maximum Gasteiger partial charge on any atom is 0.221 e. The zero-order valence-electron chi connectivity index (χ0n) is 7.84. The number of halogens is 2. The van der Waals surface area contributed by atoms with E-state index in [0.29, 0.717) is 4.47 Å². The van der Waals surface area contributed by atoms with E-state index in [1.54, 1.807) is 6.07 Å². The van der Waals surface area contributed by atoms with Crippen LogP contribution in [0.25, 0.3) is 0 Å². The van der Waals surface area contributed by atoms with E-state index in [-0.39, 0.29) is 17.1 Å². The molecule has 4 heteroatoms. The number of aromatic hydroxyl groups is 1. The SMILES string of the molecule is CC(C)c1cc(=O)c(O)c(Br)cc1Br. The fourth-order valence-electron chi connectivity index (χ4n) is 1.10. The van der Waals surface area contributed by atoms with Crippen LogP contribution in [-0.4, -0.2) is 5.11 Å². The number of hydrogen-bond donors (Lipinski definition) is 1. The van der Waals surface area contributed by atoms with Crippen molar-refractivity contribution >= 4 is 31.9 Å². The van der Waals surface area contributed by atoms with E-state index in [2.05, 4.69) is 31.9 Å². The van der Waals surface area contributed by atoms with Gasteiger partial charge >= 0.3 is 0 Å². The highest BCUT2D eigenvalue weighted by Gasteiger charge is 2.08. The largest absolute Gasteiger partial charge is 0.503 e. The van der Waals surface area contributed by atoms with E-state index >= 15 is 0 Å². The maximum atomic E-state index is 11.4. The van der Waals surface area contributed by atoms with Crippen LogP contribution in [0.2, 0.25) is 0 Å². The van der Waals surface area contributed by atoms with Gasteiger partial charge in [-0.25, -0.2) is 0 Å². The molecule has 76 valence electrons. The van der Waals surface area contributed by atoms with Crippen LogP contribution in [0.3, 0.4) is 0 Å². The first kappa shape index (κ1) is 11.7. The van der Waals surface area contributed by atoms with E-state index in [4.69, 9.17) is 0 Å². The van der Waals surface area contributed by atoms with Crippen LogP contribution >= 0.6 is 31.9 Å². The third kappa shape index (κ3) is 2.36. The fraction of sp³-hybridized carbons (Fsp3) is 0.300. The van der Waals surface area contributed by atoms with Crippen LogP contribution in [0, 0.1) is 0 Å². The lowest BCUT2D eigenvalue weighted by atomic mass is 10.1. The van der Waals surface area contributed by atoms with Gasteiger partial charge in [-0.1, -0.05) is 29.8 Å². The molecule has 0 bridgehead atoms. The minimum Gasteiger partial charge on any atom is -0.503 e. The molecule has 0 aliphatic heterocycles. The van der Waals surface area contributed by atoms with Gasteiger partial charge in [0.05, 0.1) is 4.47 Å². The second-order valence-electron chi connectivity index (χ2n) is 3.31. The van der Waals surface area contributed by atoms with Gasteiger partial charge in [0.15, 0.2) is 5.75 Å². The van der Waals surface area contributed by atoms with Gasteiger partial charge in [0.2, 0.25) is 5.43 Å². The molecule has 0 aliphatic carbocycles. The Kier molecular flexibility index (Phi) is 3.72. The second-order valence-corrected chi connectivity index (χ2v) is 5.02.